The molecular formula is C23H29N3O4S. The summed E-state index contributed by atoms with van der Waals surface area (Å²) in [5.41, 5.74) is 1.63. The van der Waals surface area contributed by atoms with Crippen molar-refractivity contribution >= 4 is 27.3 Å². The maximum Gasteiger partial charge on any atom is 0.253 e. The van der Waals surface area contributed by atoms with E-state index in [9.17, 15) is 18.0 Å². The first-order valence-electron chi connectivity index (χ1n) is 10.3. The van der Waals surface area contributed by atoms with Crippen molar-refractivity contribution in [2.24, 2.45) is 0 Å². The molecule has 1 fully saturated rings. The lowest BCUT2D eigenvalue weighted by molar-refractivity contribution is -0.113. The van der Waals surface area contributed by atoms with Crippen molar-refractivity contribution in [2.75, 3.05) is 38.3 Å². The molecule has 1 saturated heterocycles. The summed E-state index contributed by atoms with van der Waals surface area (Å²) in [6, 6.07) is 15.5. The first kappa shape index (κ1) is 23.0. The van der Waals surface area contributed by atoms with Gasteiger partial charge in [0, 0.05) is 24.3 Å². The average Bonchev–Trinajstić information content (AvgIpc) is 2.73. The number of para-hydroxylation sites is 1. The first-order chi connectivity index (χ1) is 14.7. The summed E-state index contributed by atoms with van der Waals surface area (Å²) in [5.74, 6) is -1.49. The van der Waals surface area contributed by atoms with Crippen LogP contribution in [0.3, 0.4) is 0 Å². The molecule has 1 aliphatic rings. The Labute approximate surface area is 184 Å². The Bertz CT molecular complexity index is 999. The van der Waals surface area contributed by atoms with Crippen LogP contribution >= 0.6 is 0 Å². The molecule has 7 nitrogen and oxygen atoms in total. The van der Waals surface area contributed by atoms with E-state index < -0.39 is 21.5 Å². The number of sulfone groups is 1. The number of rotatable bonds is 7. The number of anilines is 1. The van der Waals surface area contributed by atoms with E-state index in [-0.39, 0.29) is 17.7 Å². The lowest BCUT2D eigenvalue weighted by Crippen LogP contribution is -2.44. The molecule has 0 radical (unpaired) electrons. The molecule has 0 unspecified atom stereocenters. The van der Waals surface area contributed by atoms with Crippen molar-refractivity contribution in [3.8, 4) is 0 Å². The van der Waals surface area contributed by atoms with Crippen LogP contribution in [-0.4, -0.2) is 69.0 Å². The molecule has 166 valence electrons. The van der Waals surface area contributed by atoms with Crippen molar-refractivity contribution in [3.63, 3.8) is 0 Å². The van der Waals surface area contributed by atoms with E-state index in [1.807, 2.05) is 13.1 Å². The van der Waals surface area contributed by atoms with Gasteiger partial charge in [-0.3, -0.25) is 9.59 Å². The summed E-state index contributed by atoms with van der Waals surface area (Å²) >= 11 is 0. The van der Waals surface area contributed by atoms with E-state index >= 15 is 0 Å². The van der Waals surface area contributed by atoms with Gasteiger partial charge in [0.1, 0.15) is 5.75 Å². The molecule has 1 N–H and O–H groups in total. The van der Waals surface area contributed by atoms with Crippen molar-refractivity contribution in [1.82, 2.24) is 9.80 Å². The van der Waals surface area contributed by atoms with Crippen LogP contribution in [0.4, 0.5) is 5.69 Å². The number of likely N-dealkylation sites (tertiary alicyclic amines) is 1. The number of nitrogens with one attached hydrogen (secondary N) is 1. The average molecular weight is 444 g/mol. The van der Waals surface area contributed by atoms with E-state index in [0.717, 1.165) is 25.9 Å². The molecule has 0 aromatic heterocycles. The van der Waals surface area contributed by atoms with E-state index in [1.54, 1.807) is 53.4 Å². The predicted molar refractivity (Wildman–Crippen MR) is 122 cm³/mol. The fraction of sp³-hybridized carbons (Fsp3) is 0.391. The second kappa shape index (κ2) is 10.1. The van der Waals surface area contributed by atoms with E-state index in [1.165, 1.54) is 0 Å². The smallest absolute Gasteiger partial charge is 0.253 e. The number of nitrogens with zero attached hydrogens (tertiary/aromatic N) is 2. The second-order valence-electron chi connectivity index (χ2n) is 8.09. The Balaban J connectivity index is 1.56. The maximum absolute atomic E-state index is 12.8. The minimum atomic E-state index is -3.64. The number of amides is 2. The molecule has 0 spiro atoms. The minimum Gasteiger partial charge on any atom is -0.339 e. The maximum atomic E-state index is 12.8. The normalized spacial score (nSPS) is 15.4. The topological polar surface area (TPSA) is 86.8 Å². The molecule has 31 heavy (non-hydrogen) atoms. The molecule has 0 bridgehead atoms. The second-order valence-corrected chi connectivity index (χ2v) is 10.2. The lowest BCUT2D eigenvalue weighted by atomic mass is 10.0. The molecule has 8 heteroatoms. The summed E-state index contributed by atoms with van der Waals surface area (Å²) in [6.45, 7) is 1.94. The fourth-order valence-electron chi connectivity index (χ4n) is 3.72. The Morgan fingerprint density at radius 2 is 1.65 bits per heavy atom. The molecule has 2 aromatic rings. The number of piperidine rings is 1. The summed E-state index contributed by atoms with van der Waals surface area (Å²) in [7, 11) is 0.263. The number of hydrogen-bond acceptors (Lipinski definition) is 5. The Hall–Kier alpha value is -2.71. The molecule has 0 atom stereocenters. The molecule has 1 aliphatic heterocycles. The summed E-state index contributed by atoms with van der Waals surface area (Å²) in [5, 5.41) is 2.58. The van der Waals surface area contributed by atoms with Crippen LogP contribution in [0.25, 0.3) is 0 Å². The molecule has 3 rings (SSSR count). The van der Waals surface area contributed by atoms with Gasteiger partial charge in [-0.15, -0.1) is 0 Å². The van der Waals surface area contributed by atoms with Gasteiger partial charge in [-0.1, -0.05) is 30.3 Å². The van der Waals surface area contributed by atoms with E-state index in [4.69, 9.17) is 0 Å². The number of benzene rings is 2. The van der Waals surface area contributed by atoms with Crippen LogP contribution in [0.2, 0.25) is 0 Å². The summed E-state index contributed by atoms with van der Waals surface area (Å²) in [4.78, 5) is 28.9. The van der Waals surface area contributed by atoms with Gasteiger partial charge in [-0.05, 0) is 62.8 Å². The van der Waals surface area contributed by atoms with Gasteiger partial charge in [0.25, 0.3) is 5.91 Å². The number of carbonyl (C=O) groups is 2. The highest BCUT2D eigenvalue weighted by molar-refractivity contribution is 7.91. The van der Waals surface area contributed by atoms with Gasteiger partial charge in [-0.2, -0.15) is 0 Å². The zero-order valence-corrected chi connectivity index (χ0v) is 18.8. The van der Waals surface area contributed by atoms with Gasteiger partial charge < -0.3 is 15.1 Å². The van der Waals surface area contributed by atoms with Crippen LogP contribution in [0, 0.1) is 0 Å². The zero-order valence-electron chi connectivity index (χ0n) is 18.0. The summed E-state index contributed by atoms with van der Waals surface area (Å²) < 4.78 is 24.8. The van der Waals surface area contributed by atoms with Crippen molar-refractivity contribution < 1.29 is 18.0 Å². The van der Waals surface area contributed by atoms with E-state index in [2.05, 4.69) is 17.3 Å². The van der Waals surface area contributed by atoms with Gasteiger partial charge in [0.05, 0.1) is 5.75 Å². The van der Waals surface area contributed by atoms with Crippen LogP contribution in [-0.2, 0) is 20.4 Å². The van der Waals surface area contributed by atoms with Gasteiger partial charge in [0.15, 0.2) is 9.84 Å². The van der Waals surface area contributed by atoms with E-state index in [0.29, 0.717) is 16.8 Å². The fourth-order valence-corrected chi connectivity index (χ4v) is 4.99. The molecule has 0 aliphatic carbocycles. The molecule has 2 aromatic carbocycles. The van der Waals surface area contributed by atoms with Crippen LogP contribution in [0.15, 0.2) is 54.6 Å². The lowest BCUT2D eigenvalue weighted by Gasteiger charge is -2.35. The SMILES string of the molecule is CN1CCC(N(C)C(=O)c2ccc(CS(=O)(=O)CC(=O)Nc3ccccc3)cc2)CC1. The molecule has 1 heterocycles. The highest BCUT2D eigenvalue weighted by atomic mass is 32.2. The Morgan fingerprint density at radius 3 is 2.26 bits per heavy atom. The summed E-state index contributed by atoms with van der Waals surface area (Å²) in [6.07, 6.45) is 1.89. The van der Waals surface area contributed by atoms with Crippen LogP contribution in [0.1, 0.15) is 28.8 Å². The third-order valence-corrected chi connectivity index (χ3v) is 7.03. The Kier molecular flexibility index (Phi) is 7.46. The van der Waals surface area contributed by atoms with Crippen molar-refractivity contribution in [3.05, 3.63) is 65.7 Å². The zero-order chi connectivity index (χ0) is 22.4. The quantitative estimate of drug-likeness (QED) is 0.710. The number of hydrogen-bond donors (Lipinski definition) is 1. The number of carbonyl (C=O) groups excluding carboxylic acids is 2. The predicted octanol–water partition coefficient (Wildman–Crippen LogP) is 2.41. The van der Waals surface area contributed by atoms with Gasteiger partial charge in [0.2, 0.25) is 5.91 Å². The highest BCUT2D eigenvalue weighted by Crippen LogP contribution is 2.18. The highest BCUT2D eigenvalue weighted by Gasteiger charge is 2.25. The molecule has 2 amide bonds. The first-order valence-corrected chi connectivity index (χ1v) is 12.2. The van der Waals surface area contributed by atoms with Gasteiger partial charge in [-0.25, -0.2) is 8.42 Å². The Morgan fingerprint density at radius 1 is 1.03 bits per heavy atom. The third-order valence-electron chi connectivity index (χ3n) is 5.55. The largest absolute Gasteiger partial charge is 0.339 e. The molecule has 0 saturated carbocycles. The standard InChI is InChI=1S/C23H29N3O4S/c1-25-14-12-21(13-15-25)26(2)23(28)19-10-8-18(9-11-19)16-31(29,30)17-22(27)24-20-6-4-3-5-7-20/h3-11,21H,12-17H2,1-2H3,(H,24,27). The molecular weight excluding hydrogens is 414 g/mol. The minimum absolute atomic E-state index is 0.0637. The van der Waals surface area contributed by atoms with Gasteiger partial charge >= 0.3 is 0 Å². The monoisotopic (exact) mass is 443 g/mol. The van der Waals surface area contributed by atoms with Crippen LogP contribution < -0.4 is 5.32 Å². The third kappa shape index (κ3) is 6.63. The van der Waals surface area contributed by atoms with Crippen LogP contribution in [0.5, 0.6) is 0 Å². The van der Waals surface area contributed by atoms with Crippen molar-refractivity contribution in [2.45, 2.75) is 24.6 Å². The van der Waals surface area contributed by atoms with Crippen molar-refractivity contribution in [1.29, 1.82) is 0 Å².